The molecule has 0 radical (unpaired) electrons. The summed E-state index contributed by atoms with van der Waals surface area (Å²) in [5.74, 6) is 0.451. The van der Waals surface area contributed by atoms with Crippen LogP contribution >= 0.6 is 11.6 Å². The van der Waals surface area contributed by atoms with Crippen molar-refractivity contribution in [2.24, 2.45) is 0 Å². The molecule has 0 atom stereocenters. The normalized spacial score (nSPS) is 11.2. The Hall–Kier alpha value is -3.37. The fourth-order valence-electron chi connectivity index (χ4n) is 2.82. The van der Waals surface area contributed by atoms with Crippen molar-refractivity contribution in [1.82, 2.24) is 4.98 Å². The van der Waals surface area contributed by atoms with E-state index in [1.807, 2.05) is 60.7 Å². The number of amides is 1. The van der Waals surface area contributed by atoms with Crippen LogP contribution in [0.1, 0.15) is 17.0 Å². The molecule has 0 saturated carbocycles. The molecule has 1 N–H and O–H groups in total. The lowest BCUT2D eigenvalue weighted by atomic mass is 10.1. The fraction of sp³-hybridized carbons (Fsp3) is 0.0435. The zero-order chi connectivity index (χ0) is 19.3. The number of hydrogen-bond acceptors (Lipinski definition) is 3. The van der Waals surface area contributed by atoms with Crippen molar-refractivity contribution in [2.45, 2.75) is 6.42 Å². The molecular formula is C23H17ClN2O2. The zero-order valence-electron chi connectivity index (χ0n) is 14.9. The summed E-state index contributed by atoms with van der Waals surface area (Å²) in [6.45, 7) is 0. The molecule has 28 heavy (non-hydrogen) atoms. The van der Waals surface area contributed by atoms with Crippen molar-refractivity contribution in [2.75, 3.05) is 5.32 Å². The second kappa shape index (κ2) is 8.11. The predicted octanol–water partition coefficient (Wildman–Crippen LogP) is 5.72. The third kappa shape index (κ3) is 4.48. The number of benzene rings is 3. The number of carbonyl (C=O) groups excluding carboxylic acids is 1. The predicted molar refractivity (Wildman–Crippen MR) is 112 cm³/mol. The van der Waals surface area contributed by atoms with Gasteiger partial charge in [0.05, 0.1) is 0 Å². The second-order valence-corrected chi connectivity index (χ2v) is 6.76. The van der Waals surface area contributed by atoms with Gasteiger partial charge < -0.3 is 9.73 Å². The summed E-state index contributed by atoms with van der Waals surface area (Å²) in [4.78, 5) is 16.5. The van der Waals surface area contributed by atoms with Crippen LogP contribution in [0.3, 0.4) is 0 Å². The molecule has 0 aliphatic heterocycles. The van der Waals surface area contributed by atoms with Crippen LogP contribution < -0.4 is 5.32 Å². The van der Waals surface area contributed by atoms with Gasteiger partial charge in [-0.2, -0.15) is 0 Å². The van der Waals surface area contributed by atoms with Gasteiger partial charge in [-0.1, -0.05) is 54.1 Å². The molecule has 1 heterocycles. The van der Waals surface area contributed by atoms with Crippen LogP contribution in [0.15, 0.2) is 83.3 Å². The maximum atomic E-state index is 12.1. The Kier molecular flexibility index (Phi) is 5.22. The Labute approximate surface area is 167 Å². The third-order valence-electron chi connectivity index (χ3n) is 4.20. The van der Waals surface area contributed by atoms with Crippen LogP contribution in [0, 0.1) is 0 Å². The van der Waals surface area contributed by atoms with Crippen molar-refractivity contribution in [3.63, 3.8) is 0 Å². The summed E-state index contributed by atoms with van der Waals surface area (Å²) in [6, 6.07) is 22.7. The van der Waals surface area contributed by atoms with Gasteiger partial charge in [0, 0.05) is 23.2 Å². The highest BCUT2D eigenvalue weighted by atomic mass is 35.5. The van der Waals surface area contributed by atoms with Crippen molar-refractivity contribution in [3.8, 4) is 0 Å². The molecule has 1 amide bonds. The average Bonchev–Trinajstić information content (AvgIpc) is 3.10. The van der Waals surface area contributed by atoms with E-state index in [-0.39, 0.29) is 5.91 Å². The van der Waals surface area contributed by atoms with Gasteiger partial charge in [0.25, 0.3) is 0 Å². The van der Waals surface area contributed by atoms with Gasteiger partial charge in [0.15, 0.2) is 11.5 Å². The minimum atomic E-state index is -0.174. The molecule has 0 aliphatic rings. The van der Waals surface area contributed by atoms with E-state index in [9.17, 15) is 4.79 Å². The number of aromatic nitrogens is 1. The van der Waals surface area contributed by atoms with E-state index < -0.39 is 0 Å². The highest BCUT2D eigenvalue weighted by Gasteiger charge is 2.07. The van der Waals surface area contributed by atoms with Crippen molar-refractivity contribution < 1.29 is 9.21 Å². The lowest BCUT2D eigenvalue weighted by molar-refractivity contribution is -0.111. The van der Waals surface area contributed by atoms with Gasteiger partial charge >= 0.3 is 0 Å². The molecule has 138 valence electrons. The van der Waals surface area contributed by atoms with E-state index in [0.717, 1.165) is 22.3 Å². The van der Waals surface area contributed by atoms with E-state index in [1.165, 1.54) is 6.08 Å². The van der Waals surface area contributed by atoms with Crippen LogP contribution in [0.2, 0.25) is 5.02 Å². The number of nitrogens with zero attached hydrogens (tertiary/aromatic N) is 1. The minimum Gasteiger partial charge on any atom is -0.440 e. The fourth-order valence-corrected chi connectivity index (χ4v) is 2.99. The van der Waals surface area contributed by atoms with Gasteiger partial charge in [-0.25, -0.2) is 4.98 Å². The van der Waals surface area contributed by atoms with Gasteiger partial charge in [-0.3, -0.25) is 4.79 Å². The molecule has 0 bridgehead atoms. The smallest absolute Gasteiger partial charge is 0.248 e. The van der Waals surface area contributed by atoms with Gasteiger partial charge in [0.1, 0.15) is 5.52 Å². The number of nitrogens with one attached hydrogen (secondary N) is 1. The summed E-state index contributed by atoms with van der Waals surface area (Å²) >= 11 is 5.98. The van der Waals surface area contributed by atoms with Crippen LogP contribution in [0.5, 0.6) is 0 Å². The molecule has 5 heteroatoms. The third-order valence-corrected chi connectivity index (χ3v) is 4.43. The molecular weight excluding hydrogens is 372 g/mol. The number of fused-ring (bicyclic) bond motifs is 1. The molecule has 0 spiro atoms. The Balaban J connectivity index is 1.39. The molecule has 3 aromatic carbocycles. The SMILES string of the molecule is O=C(/C=C/c1ccccc1)Nc1ccc(Cc2nc3cc(Cl)ccc3o2)cc1. The maximum Gasteiger partial charge on any atom is 0.248 e. The second-order valence-electron chi connectivity index (χ2n) is 6.33. The van der Waals surface area contributed by atoms with Crippen molar-refractivity contribution in [1.29, 1.82) is 0 Å². The summed E-state index contributed by atoms with van der Waals surface area (Å²) in [5.41, 5.74) is 4.21. The average molecular weight is 389 g/mol. The molecule has 0 unspecified atom stereocenters. The quantitative estimate of drug-likeness (QED) is 0.444. The van der Waals surface area contributed by atoms with Crippen LogP contribution in [-0.4, -0.2) is 10.9 Å². The Morgan fingerprint density at radius 3 is 2.61 bits per heavy atom. The maximum absolute atomic E-state index is 12.1. The molecule has 0 aliphatic carbocycles. The summed E-state index contributed by atoms with van der Waals surface area (Å²) in [6.07, 6.45) is 3.87. The molecule has 4 nitrogen and oxygen atoms in total. The summed E-state index contributed by atoms with van der Waals surface area (Å²) in [7, 11) is 0. The van der Waals surface area contributed by atoms with Crippen molar-refractivity contribution >= 4 is 40.4 Å². The van der Waals surface area contributed by atoms with Crippen LogP contribution in [0.25, 0.3) is 17.2 Å². The number of anilines is 1. The summed E-state index contributed by atoms with van der Waals surface area (Å²) < 4.78 is 5.75. The van der Waals surface area contributed by atoms with Gasteiger partial charge in [-0.05, 0) is 47.5 Å². The highest BCUT2D eigenvalue weighted by molar-refractivity contribution is 6.31. The standard InChI is InChI=1S/C23H17ClN2O2/c24-18-9-12-21-20(15-18)26-23(28-21)14-17-6-10-19(11-7-17)25-22(27)13-8-16-4-2-1-3-5-16/h1-13,15H,14H2,(H,25,27)/b13-8+. The van der Waals surface area contributed by atoms with Crippen LogP contribution in [0.4, 0.5) is 5.69 Å². The first-order valence-corrected chi connectivity index (χ1v) is 9.21. The summed E-state index contributed by atoms with van der Waals surface area (Å²) in [5, 5.41) is 3.48. The first kappa shape index (κ1) is 18.0. The number of hydrogen-bond donors (Lipinski definition) is 1. The number of halogens is 1. The molecule has 0 saturated heterocycles. The number of rotatable bonds is 5. The Morgan fingerprint density at radius 1 is 1.04 bits per heavy atom. The first-order valence-electron chi connectivity index (χ1n) is 8.84. The zero-order valence-corrected chi connectivity index (χ0v) is 15.7. The molecule has 4 aromatic rings. The van der Waals surface area contributed by atoms with E-state index >= 15 is 0 Å². The minimum absolute atomic E-state index is 0.174. The van der Waals surface area contributed by atoms with E-state index in [0.29, 0.717) is 22.9 Å². The monoisotopic (exact) mass is 388 g/mol. The van der Waals surface area contributed by atoms with E-state index in [1.54, 1.807) is 18.2 Å². The van der Waals surface area contributed by atoms with Crippen molar-refractivity contribution in [3.05, 3.63) is 101 Å². The highest BCUT2D eigenvalue weighted by Crippen LogP contribution is 2.22. The van der Waals surface area contributed by atoms with Gasteiger partial charge in [0.2, 0.25) is 5.91 Å². The van der Waals surface area contributed by atoms with Crippen LogP contribution in [-0.2, 0) is 11.2 Å². The molecule has 0 fully saturated rings. The molecule has 1 aromatic heterocycles. The lowest BCUT2D eigenvalue weighted by Gasteiger charge is -2.03. The Morgan fingerprint density at radius 2 is 1.82 bits per heavy atom. The Bertz CT molecular complexity index is 1130. The topological polar surface area (TPSA) is 55.1 Å². The largest absolute Gasteiger partial charge is 0.440 e. The first-order chi connectivity index (χ1) is 13.7. The number of carbonyl (C=O) groups is 1. The molecule has 4 rings (SSSR count). The van der Waals surface area contributed by atoms with E-state index in [2.05, 4.69) is 10.3 Å². The van der Waals surface area contributed by atoms with E-state index in [4.69, 9.17) is 16.0 Å². The number of oxazole rings is 1. The van der Waals surface area contributed by atoms with Gasteiger partial charge in [-0.15, -0.1) is 0 Å². The lowest BCUT2D eigenvalue weighted by Crippen LogP contribution is -2.07.